The molecule has 0 saturated carbocycles. The lowest BCUT2D eigenvalue weighted by molar-refractivity contribution is -0.127. The van der Waals surface area contributed by atoms with E-state index in [-0.39, 0.29) is 12.5 Å². The highest BCUT2D eigenvalue weighted by Gasteiger charge is 2.33. The number of ether oxygens (including phenoxy) is 3. The SMILES string of the molecule is Cc1ccc2sc(N(CCN3CCOCC3)C(=O)C3COc4ccccc4O3)nc2c1C. The number of nitrogens with zero attached hydrogens (tertiary/aromatic N) is 3. The Morgan fingerprint density at radius 1 is 1.16 bits per heavy atom. The molecule has 3 heterocycles. The number of aryl methyl sites for hydroxylation is 2. The molecule has 1 atom stereocenters. The quantitative estimate of drug-likeness (QED) is 0.590. The molecule has 5 rings (SSSR count). The Balaban J connectivity index is 1.43. The van der Waals surface area contributed by atoms with Crippen molar-refractivity contribution >= 4 is 32.6 Å². The van der Waals surface area contributed by atoms with E-state index in [2.05, 4.69) is 30.9 Å². The van der Waals surface area contributed by atoms with E-state index in [0.717, 1.165) is 48.6 Å². The van der Waals surface area contributed by atoms with Gasteiger partial charge in [0.2, 0.25) is 6.10 Å². The summed E-state index contributed by atoms with van der Waals surface area (Å²) < 4.78 is 18.4. The molecule has 0 bridgehead atoms. The number of morpholine rings is 1. The fraction of sp³-hybridized carbons (Fsp3) is 0.417. The Labute approximate surface area is 191 Å². The molecule has 0 aliphatic carbocycles. The second kappa shape index (κ2) is 9.05. The van der Waals surface area contributed by atoms with Gasteiger partial charge in [-0.2, -0.15) is 0 Å². The molecule has 32 heavy (non-hydrogen) atoms. The second-order valence-electron chi connectivity index (χ2n) is 8.16. The maximum atomic E-state index is 13.7. The molecule has 8 heteroatoms. The van der Waals surface area contributed by atoms with E-state index >= 15 is 0 Å². The summed E-state index contributed by atoms with van der Waals surface area (Å²) in [5, 5.41) is 0.703. The Bertz CT molecular complexity index is 1130. The van der Waals surface area contributed by atoms with Gasteiger partial charge in [-0.05, 0) is 43.2 Å². The summed E-state index contributed by atoms with van der Waals surface area (Å²) in [6.45, 7) is 8.84. The fourth-order valence-electron chi connectivity index (χ4n) is 4.01. The van der Waals surface area contributed by atoms with Crippen molar-refractivity contribution in [3.05, 3.63) is 47.5 Å². The first-order valence-corrected chi connectivity index (χ1v) is 11.8. The summed E-state index contributed by atoms with van der Waals surface area (Å²) in [6.07, 6.45) is -0.704. The zero-order chi connectivity index (χ0) is 22.1. The van der Waals surface area contributed by atoms with Crippen LogP contribution in [-0.2, 0) is 9.53 Å². The van der Waals surface area contributed by atoms with Crippen LogP contribution in [0.3, 0.4) is 0 Å². The molecule has 168 valence electrons. The van der Waals surface area contributed by atoms with Crippen LogP contribution in [0.15, 0.2) is 36.4 Å². The molecule has 2 aromatic carbocycles. The summed E-state index contributed by atoms with van der Waals surface area (Å²) in [5.74, 6) is 1.14. The van der Waals surface area contributed by atoms with E-state index in [4.69, 9.17) is 19.2 Å². The van der Waals surface area contributed by atoms with Crippen LogP contribution in [-0.4, -0.2) is 67.9 Å². The number of hydrogen-bond donors (Lipinski definition) is 0. The number of amides is 1. The van der Waals surface area contributed by atoms with E-state index in [1.807, 2.05) is 24.3 Å². The predicted molar refractivity (Wildman–Crippen MR) is 125 cm³/mol. The maximum Gasteiger partial charge on any atom is 0.273 e. The number of thiazole rings is 1. The van der Waals surface area contributed by atoms with Crippen molar-refractivity contribution in [1.82, 2.24) is 9.88 Å². The van der Waals surface area contributed by atoms with Gasteiger partial charge < -0.3 is 14.2 Å². The molecule has 2 aliphatic rings. The Morgan fingerprint density at radius 3 is 2.75 bits per heavy atom. The maximum absolute atomic E-state index is 13.7. The van der Waals surface area contributed by atoms with Crippen molar-refractivity contribution < 1.29 is 19.0 Å². The summed E-state index contributed by atoms with van der Waals surface area (Å²) in [7, 11) is 0. The molecule has 1 unspecified atom stereocenters. The number of rotatable bonds is 5. The largest absolute Gasteiger partial charge is 0.485 e. The van der Waals surface area contributed by atoms with E-state index < -0.39 is 6.10 Å². The minimum Gasteiger partial charge on any atom is -0.485 e. The highest BCUT2D eigenvalue weighted by molar-refractivity contribution is 7.22. The number of benzene rings is 2. The lowest BCUT2D eigenvalue weighted by Crippen LogP contribution is -2.49. The smallest absolute Gasteiger partial charge is 0.273 e. The van der Waals surface area contributed by atoms with E-state index in [9.17, 15) is 4.79 Å². The van der Waals surface area contributed by atoms with Gasteiger partial charge in [0.15, 0.2) is 16.6 Å². The molecule has 0 N–H and O–H groups in total. The van der Waals surface area contributed by atoms with Crippen molar-refractivity contribution in [3.63, 3.8) is 0 Å². The summed E-state index contributed by atoms with van der Waals surface area (Å²) in [5.41, 5.74) is 3.30. The van der Waals surface area contributed by atoms with E-state index in [1.54, 1.807) is 16.2 Å². The van der Waals surface area contributed by atoms with Crippen LogP contribution in [0, 0.1) is 13.8 Å². The van der Waals surface area contributed by atoms with Crippen LogP contribution in [0.2, 0.25) is 0 Å². The van der Waals surface area contributed by atoms with Crippen molar-refractivity contribution in [3.8, 4) is 11.5 Å². The van der Waals surface area contributed by atoms with E-state index in [1.165, 1.54) is 5.56 Å². The zero-order valence-corrected chi connectivity index (χ0v) is 19.2. The van der Waals surface area contributed by atoms with Gasteiger partial charge in [-0.1, -0.05) is 29.5 Å². The highest BCUT2D eigenvalue weighted by Crippen LogP contribution is 2.34. The van der Waals surface area contributed by atoms with Crippen LogP contribution in [0.1, 0.15) is 11.1 Å². The Kier molecular flexibility index (Phi) is 5.99. The normalized spacial score (nSPS) is 18.6. The van der Waals surface area contributed by atoms with Crippen LogP contribution in [0.25, 0.3) is 10.2 Å². The van der Waals surface area contributed by atoms with Crippen molar-refractivity contribution in [2.75, 3.05) is 50.9 Å². The van der Waals surface area contributed by atoms with Crippen LogP contribution < -0.4 is 14.4 Å². The molecule has 0 radical (unpaired) electrons. The van der Waals surface area contributed by atoms with Crippen LogP contribution in [0.5, 0.6) is 11.5 Å². The third-order valence-electron chi connectivity index (χ3n) is 6.10. The minimum atomic E-state index is -0.704. The molecule has 1 saturated heterocycles. The molecule has 1 fully saturated rings. The molecular weight excluding hydrogens is 426 g/mol. The monoisotopic (exact) mass is 453 g/mol. The Morgan fingerprint density at radius 2 is 1.94 bits per heavy atom. The fourth-order valence-corrected chi connectivity index (χ4v) is 5.07. The molecule has 7 nitrogen and oxygen atoms in total. The van der Waals surface area contributed by atoms with Gasteiger partial charge in [-0.3, -0.25) is 14.6 Å². The molecule has 1 amide bonds. The van der Waals surface area contributed by atoms with Gasteiger partial charge >= 0.3 is 0 Å². The van der Waals surface area contributed by atoms with Gasteiger partial charge in [-0.15, -0.1) is 0 Å². The van der Waals surface area contributed by atoms with Gasteiger partial charge in [0.1, 0.15) is 6.61 Å². The van der Waals surface area contributed by atoms with Gasteiger partial charge in [0, 0.05) is 26.2 Å². The second-order valence-corrected chi connectivity index (χ2v) is 9.17. The topological polar surface area (TPSA) is 64.1 Å². The number of para-hydroxylation sites is 2. The standard InChI is InChI=1S/C24H27N3O4S/c1-16-7-8-21-22(17(16)2)25-24(32-21)27(10-9-26-11-13-29-14-12-26)23(28)20-15-30-18-5-3-4-6-19(18)31-20/h3-8,20H,9-15H2,1-2H3. The highest BCUT2D eigenvalue weighted by atomic mass is 32.1. The van der Waals surface area contributed by atoms with Gasteiger partial charge in [0.05, 0.1) is 23.4 Å². The number of aromatic nitrogens is 1. The average molecular weight is 454 g/mol. The zero-order valence-electron chi connectivity index (χ0n) is 18.4. The predicted octanol–water partition coefficient (Wildman–Crippen LogP) is 3.42. The molecule has 2 aliphatic heterocycles. The summed E-state index contributed by atoms with van der Waals surface area (Å²) >= 11 is 1.55. The van der Waals surface area contributed by atoms with Crippen LogP contribution >= 0.6 is 11.3 Å². The van der Waals surface area contributed by atoms with E-state index in [0.29, 0.717) is 23.2 Å². The third kappa shape index (κ3) is 4.18. The summed E-state index contributed by atoms with van der Waals surface area (Å²) in [4.78, 5) is 22.6. The first kappa shape index (κ1) is 21.2. The first-order chi connectivity index (χ1) is 15.6. The number of carbonyl (C=O) groups is 1. The lowest BCUT2D eigenvalue weighted by Gasteiger charge is -2.32. The summed E-state index contributed by atoms with van der Waals surface area (Å²) in [6, 6.07) is 11.6. The number of carbonyl (C=O) groups excluding carboxylic acids is 1. The van der Waals surface area contributed by atoms with Crippen LogP contribution in [0.4, 0.5) is 5.13 Å². The average Bonchev–Trinajstić information content (AvgIpc) is 3.26. The minimum absolute atomic E-state index is 0.124. The third-order valence-corrected chi connectivity index (χ3v) is 7.14. The van der Waals surface area contributed by atoms with Gasteiger partial charge in [-0.25, -0.2) is 4.98 Å². The van der Waals surface area contributed by atoms with Crippen molar-refractivity contribution in [1.29, 1.82) is 0 Å². The first-order valence-electron chi connectivity index (χ1n) is 11.0. The number of hydrogen-bond acceptors (Lipinski definition) is 7. The number of anilines is 1. The molecular formula is C24H27N3O4S. The number of fused-ring (bicyclic) bond motifs is 2. The molecule has 1 aromatic heterocycles. The molecule has 0 spiro atoms. The Hall–Kier alpha value is -2.68. The van der Waals surface area contributed by atoms with Crippen molar-refractivity contribution in [2.45, 2.75) is 20.0 Å². The van der Waals surface area contributed by atoms with Gasteiger partial charge in [0.25, 0.3) is 5.91 Å². The molecule has 3 aromatic rings. The van der Waals surface area contributed by atoms with Crippen molar-refractivity contribution in [2.24, 2.45) is 0 Å². The lowest BCUT2D eigenvalue weighted by atomic mass is 10.1.